The van der Waals surface area contributed by atoms with Gasteiger partial charge in [0.1, 0.15) is 5.76 Å². The second-order valence-corrected chi connectivity index (χ2v) is 8.32. The van der Waals surface area contributed by atoms with Crippen LogP contribution in [0.15, 0.2) is 39.9 Å². The third-order valence-electron chi connectivity index (χ3n) is 5.67. The molecule has 3 N–H and O–H groups in total. The number of anilines is 1. The molecule has 0 unspecified atom stereocenters. The maximum Gasteiger partial charge on any atom is 0.287 e. The van der Waals surface area contributed by atoms with Gasteiger partial charge in [-0.2, -0.15) is 5.10 Å². The fourth-order valence-corrected chi connectivity index (χ4v) is 4.19. The number of nitrogens with zero attached hydrogens (tertiary/aromatic N) is 2. The summed E-state index contributed by atoms with van der Waals surface area (Å²) in [5.74, 6) is 1.00. The van der Waals surface area contributed by atoms with Gasteiger partial charge in [-0.1, -0.05) is 18.2 Å². The van der Waals surface area contributed by atoms with Crippen LogP contribution in [0.1, 0.15) is 40.3 Å². The Hall–Kier alpha value is -2.75. The lowest BCUT2D eigenvalue weighted by Crippen LogP contribution is -2.41. The molecule has 1 fully saturated rings. The average Bonchev–Trinajstić information content (AvgIpc) is 3.16. The number of benzene rings is 1. The van der Waals surface area contributed by atoms with Crippen molar-refractivity contribution in [2.45, 2.75) is 26.2 Å². The number of hydrogen-bond acceptors (Lipinski definition) is 6. The summed E-state index contributed by atoms with van der Waals surface area (Å²) in [5.41, 5.74) is 6.43. The summed E-state index contributed by atoms with van der Waals surface area (Å²) in [6.07, 6.45) is 2.51. The van der Waals surface area contributed by atoms with Crippen LogP contribution in [0.5, 0.6) is 0 Å². The minimum atomic E-state index is -0.182. The Balaban J connectivity index is 1.38. The number of furan rings is 1. The van der Waals surface area contributed by atoms with E-state index in [1.807, 2.05) is 37.3 Å². The zero-order valence-corrected chi connectivity index (χ0v) is 19.1. The van der Waals surface area contributed by atoms with Crippen molar-refractivity contribution >= 4 is 34.6 Å². The van der Waals surface area contributed by atoms with Gasteiger partial charge < -0.3 is 19.8 Å². The number of fused-ring (bicyclic) bond motifs is 1. The number of ether oxygens (including phenoxy) is 1. The van der Waals surface area contributed by atoms with E-state index >= 15 is 0 Å². The third-order valence-corrected chi connectivity index (χ3v) is 5.87. The molecule has 0 spiro atoms. The number of carbonyl (C=O) groups excluding carboxylic acids is 1. The lowest BCUT2D eigenvalue weighted by atomic mass is 9.93. The Morgan fingerprint density at radius 1 is 1.19 bits per heavy atom. The molecule has 1 aromatic carbocycles. The Labute approximate surface area is 193 Å². The standard InChI is InChI=1S/C23H29N5O3S/c1-16-20-18(26-27-23(32)25-17-6-3-2-4-7-17)8-5-9-19(20)31-21(16)22(29)24-10-11-28-12-14-30-15-13-28/h2-4,6-7H,5,8-15H2,1H3,(H,24,29)(H2,25,27,32)/b26-18+. The van der Waals surface area contributed by atoms with Crippen molar-refractivity contribution in [1.82, 2.24) is 15.6 Å². The Morgan fingerprint density at radius 2 is 1.97 bits per heavy atom. The highest BCUT2D eigenvalue weighted by atomic mass is 32.1. The molecule has 0 atom stereocenters. The van der Waals surface area contributed by atoms with Crippen LogP contribution in [0, 0.1) is 6.92 Å². The number of hydrazone groups is 1. The van der Waals surface area contributed by atoms with Crippen molar-refractivity contribution in [3.8, 4) is 0 Å². The van der Waals surface area contributed by atoms with E-state index < -0.39 is 0 Å². The normalized spacial score (nSPS) is 17.6. The van der Waals surface area contributed by atoms with Crippen LogP contribution in [-0.4, -0.2) is 61.0 Å². The van der Waals surface area contributed by atoms with E-state index in [9.17, 15) is 4.79 Å². The largest absolute Gasteiger partial charge is 0.455 e. The van der Waals surface area contributed by atoms with Crippen molar-refractivity contribution in [2.75, 3.05) is 44.7 Å². The summed E-state index contributed by atoms with van der Waals surface area (Å²) in [6, 6.07) is 9.69. The van der Waals surface area contributed by atoms with E-state index in [1.165, 1.54) is 0 Å². The van der Waals surface area contributed by atoms with Gasteiger partial charge in [0.25, 0.3) is 5.91 Å². The topological polar surface area (TPSA) is 91.1 Å². The average molecular weight is 456 g/mol. The quantitative estimate of drug-likeness (QED) is 0.456. The monoisotopic (exact) mass is 455 g/mol. The summed E-state index contributed by atoms with van der Waals surface area (Å²) in [5, 5.41) is 11.0. The van der Waals surface area contributed by atoms with Crippen LogP contribution >= 0.6 is 12.2 Å². The fourth-order valence-electron chi connectivity index (χ4n) is 4.03. The van der Waals surface area contributed by atoms with Gasteiger partial charge in [0.15, 0.2) is 10.9 Å². The molecule has 4 rings (SSSR count). The molecule has 1 aliphatic heterocycles. The lowest BCUT2D eigenvalue weighted by Gasteiger charge is -2.26. The number of thiocarbonyl (C=S) groups is 1. The van der Waals surface area contributed by atoms with Gasteiger partial charge in [0, 0.05) is 49.4 Å². The van der Waals surface area contributed by atoms with Crippen LogP contribution in [0.2, 0.25) is 0 Å². The van der Waals surface area contributed by atoms with Gasteiger partial charge in [-0.25, -0.2) is 0 Å². The molecular weight excluding hydrogens is 426 g/mol. The summed E-state index contributed by atoms with van der Waals surface area (Å²) < 4.78 is 11.3. The minimum Gasteiger partial charge on any atom is -0.455 e. The molecule has 1 amide bonds. The SMILES string of the molecule is Cc1c(C(=O)NCCN2CCOCC2)oc2c1/C(=N/NC(=S)Nc1ccccc1)CCC2. The number of hydrogen-bond donors (Lipinski definition) is 3. The first-order chi connectivity index (χ1) is 15.6. The molecule has 1 aromatic heterocycles. The molecule has 2 aromatic rings. The van der Waals surface area contributed by atoms with Crippen LogP contribution in [-0.2, 0) is 11.2 Å². The molecule has 1 aliphatic carbocycles. The maximum absolute atomic E-state index is 12.8. The number of carbonyl (C=O) groups is 1. The highest BCUT2D eigenvalue weighted by Crippen LogP contribution is 2.29. The maximum atomic E-state index is 12.8. The molecule has 0 saturated carbocycles. The summed E-state index contributed by atoms with van der Waals surface area (Å²) in [4.78, 5) is 15.1. The van der Waals surface area contributed by atoms with Crippen molar-refractivity contribution in [1.29, 1.82) is 0 Å². The van der Waals surface area contributed by atoms with E-state index in [2.05, 4.69) is 26.1 Å². The number of rotatable bonds is 6. The van der Waals surface area contributed by atoms with Crippen molar-refractivity contribution in [3.05, 3.63) is 53.0 Å². The second kappa shape index (κ2) is 10.7. The molecule has 8 nitrogen and oxygen atoms in total. The van der Waals surface area contributed by atoms with Crippen LogP contribution < -0.4 is 16.1 Å². The van der Waals surface area contributed by atoms with Crippen molar-refractivity contribution in [2.24, 2.45) is 5.10 Å². The highest BCUT2D eigenvalue weighted by Gasteiger charge is 2.28. The molecule has 170 valence electrons. The van der Waals surface area contributed by atoms with E-state index in [-0.39, 0.29) is 5.91 Å². The summed E-state index contributed by atoms with van der Waals surface area (Å²) in [7, 11) is 0. The molecule has 9 heteroatoms. The smallest absolute Gasteiger partial charge is 0.287 e. The number of morpholine rings is 1. The molecule has 2 heterocycles. The third kappa shape index (κ3) is 5.53. The van der Waals surface area contributed by atoms with Gasteiger partial charge in [-0.15, -0.1) is 0 Å². The molecular formula is C23H29N5O3S. The number of para-hydroxylation sites is 1. The zero-order valence-electron chi connectivity index (χ0n) is 18.3. The molecule has 0 bridgehead atoms. The van der Waals surface area contributed by atoms with E-state index in [0.29, 0.717) is 17.4 Å². The molecule has 1 saturated heterocycles. The lowest BCUT2D eigenvalue weighted by molar-refractivity contribution is 0.0382. The summed E-state index contributed by atoms with van der Waals surface area (Å²) in [6.45, 7) is 6.59. The van der Waals surface area contributed by atoms with Gasteiger partial charge in [0.2, 0.25) is 0 Å². The number of aryl methyl sites for hydroxylation is 1. The Bertz CT molecular complexity index is 983. The second-order valence-electron chi connectivity index (χ2n) is 7.91. The van der Waals surface area contributed by atoms with Gasteiger partial charge in [-0.3, -0.25) is 15.1 Å². The Morgan fingerprint density at radius 3 is 2.75 bits per heavy atom. The predicted octanol–water partition coefficient (Wildman–Crippen LogP) is 2.68. The predicted molar refractivity (Wildman–Crippen MR) is 128 cm³/mol. The number of amides is 1. The highest BCUT2D eigenvalue weighted by molar-refractivity contribution is 7.80. The Kier molecular flexibility index (Phi) is 7.51. The molecule has 2 aliphatic rings. The van der Waals surface area contributed by atoms with Gasteiger partial charge in [-0.05, 0) is 44.1 Å². The first-order valence-corrected chi connectivity index (χ1v) is 11.4. The van der Waals surface area contributed by atoms with Crippen LogP contribution in [0.4, 0.5) is 5.69 Å². The van der Waals surface area contributed by atoms with E-state index in [4.69, 9.17) is 21.4 Å². The molecule has 32 heavy (non-hydrogen) atoms. The number of nitrogens with one attached hydrogen (secondary N) is 3. The first kappa shape index (κ1) is 22.4. The zero-order chi connectivity index (χ0) is 22.3. The van der Waals surface area contributed by atoms with Gasteiger partial charge >= 0.3 is 0 Å². The van der Waals surface area contributed by atoms with Crippen molar-refractivity contribution < 1.29 is 13.9 Å². The fraction of sp³-hybridized carbons (Fsp3) is 0.435. The van der Waals surface area contributed by atoms with Crippen molar-refractivity contribution in [3.63, 3.8) is 0 Å². The van der Waals surface area contributed by atoms with Gasteiger partial charge in [0.05, 0.1) is 18.9 Å². The van der Waals surface area contributed by atoms with E-state index in [1.54, 1.807) is 0 Å². The van der Waals surface area contributed by atoms with Crippen LogP contribution in [0.3, 0.4) is 0 Å². The first-order valence-electron chi connectivity index (χ1n) is 11.0. The van der Waals surface area contributed by atoms with Crippen LogP contribution in [0.25, 0.3) is 0 Å². The summed E-state index contributed by atoms with van der Waals surface area (Å²) >= 11 is 5.36. The van der Waals surface area contributed by atoms with E-state index in [0.717, 1.165) is 80.4 Å². The minimum absolute atomic E-state index is 0.182. The molecule has 0 radical (unpaired) electrons.